The molecule has 0 amide bonds. The summed E-state index contributed by atoms with van der Waals surface area (Å²) in [6.45, 7) is 2.42. The van der Waals surface area contributed by atoms with E-state index in [1.165, 1.54) is 13.3 Å². The van der Waals surface area contributed by atoms with Crippen molar-refractivity contribution in [2.45, 2.75) is 31.0 Å². The molecule has 2 saturated heterocycles. The summed E-state index contributed by atoms with van der Waals surface area (Å²) in [4.78, 5) is 25.7. The highest BCUT2D eigenvalue weighted by molar-refractivity contribution is 5.92. The second kappa shape index (κ2) is 8.18. The highest BCUT2D eigenvalue weighted by atomic mass is 35.5. The number of hydrogen-bond donors (Lipinski definition) is 2. The molecule has 2 aliphatic heterocycles. The number of carbonyl (C=O) groups is 1. The van der Waals surface area contributed by atoms with E-state index in [0.29, 0.717) is 25.2 Å². The molecule has 2 atom stereocenters. The van der Waals surface area contributed by atoms with Crippen LogP contribution >= 0.6 is 12.4 Å². The third-order valence-corrected chi connectivity index (χ3v) is 5.93. The van der Waals surface area contributed by atoms with E-state index in [1.807, 2.05) is 4.90 Å². The molecule has 1 aromatic heterocycles. The highest BCUT2D eigenvalue weighted by Crippen LogP contribution is 2.45. The maximum atomic E-state index is 15.3. The third-order valence-electron chi connectivity index (χ3n) is 5.93. The topological polar surface area (TPSA) is 102 Å². The zero-order chi connectivity index (χ0) is 21.0. The minimum Gasteiger partial charge on any atom is -0.492 e. The number of benzene rings is 1. The first-order chi connectivity index (χ1) is 14.5. The molecule has 3 aliphatic rings. The molecule has 2 aromatic rings. The SMILES string of the molecule is COc1c(N2C[C@@H]3OCCN[C@@H]3C2)c(F)cc2c(=O)c(OC(=O)O)cn(C3CC3)c12.Cl. The Morgan fingerprint density at radius 1 is 1.35 bits per heavy atom. The number of hydrogen-bond acceptors (Lipinski definition) is 7. The van der Waals surface area contributed by atoms with E-state index in [9.17, 15) is 9.59 Å². The Bertz CT molecular complexity index is 1070. The van der Waals surface area contributed by atoms with Crippen LogP contribution in [0.25, 0.3) is 10.9 Å². The molecule has 1 aliphatic carbocycles. The van der Waals surface area contributed by atoms with Gasteiger partial charge in [0.25, 0.3) is 0 Å². The molecule has 0 spiro atoms. The van der Waals surface area contributed by atoms with Crippen LogP contribution < -0.4 is 25.1 Å². The van der Waals surface area contributed by atoms with E-state index in [1.54, 1.807) is 4.57 Å². The first-order valence-electron chi connectivity index (χ1n) is 9.94. The van der Waals surface area contributed by atoms with Gasteiger partial charge in [-0.15, -0.1) is 12.4 Å². The van der Waals surface area contributed by atoms with E-state index in [4.69, 9.17) is 14.6 Å². The average Bonchev–Trinajstić information content (AvgIpc) is 3.47. The van der Waals surface area contributed by atoms with Gasteiger partial charge in [-0.1, -0.05) is 0 Å². The van der Waals surface area contributed by atoms with Crippen LogP contribution in [-0.4, -0.2) is 61.3 Å². The molecule has 2 N–H and O–H groups in total. The number of fused-ring (bicyclic) bond motifs is 2. The Hall–Kier alpha value is -2.56. The Kier molecular flexibility index (Phi) is 5.71. The molecule has 0 radical (unpaired) electrons. The van der Waals surface area contributed by atoms with Gasteiger partial charge in [-0.2, -0.15) is 0 Å². The van der Waals surface area contributed by atoms with E-state index in [2.05, 4.69) is 10.1 Å². The number of nitrogens with one attached hydrogen (secondary N) is 1. The summed E-state index contributed by atoms with van der Waals surface area (Å²) >= 11 is 0. The lowest BCUT2D eigenvalue weighted by Crippen LogP contribution is -2.47. The number of aromatic nitrogens is 1. The monoisotopic (exact) mass is 455 g/mol. The normalized spacial score (nSPS) is 22.7. The van der Waals surface area contributed by atoms with Crippen LogP contribution in [0.5, 0.6) is 11.5 Å². The number of pyridine rings is 1. The summed E-state index contributed by atoms with van der Waals surface area (Å²) in [5, 5.41) is 12.4. The Morgan fingerprint density at radius 3 is 2.77 bits per heavy atom. The average molecular weight is 456 g/mol. The van der Waals surface area contributed by atoms with Crippen molar-refractivity contribution in [3.05, 3.63) is 28.3 Å². The molecule has 11 heteroatoms. The van der Waals surface area contributed by atoms with Gasteiger partial charge in [0.15, 0.2) is 17.3 Å². The summed E-state index contributed by atoms with van der Waals surface area (Å²) < 4.78 is 33.2. The van der Waals surface area contributed by atoms with Crippen molar-refractivity contribution in [1.29, 1.82) is 0 Å². The minimum atomic E-state index is -1.59. The first kappa shape index (κ1) is 21.7. The van der Waals surface area contributed by atoms with Crippen molar-refractivity contribution in [2.24, 2.45) is 0 Å². The second-order valence-electron chi connectivity index (χ2n) is 7.84. The zero-order valence-corrected chi connectivity index (χ0v) is 17.6. The van der Waals surface area contributed by atoms with Gasteiger partial charge in [0, 0.05) is 25.7 Å². The molecular weight excluding hydrogens is 433 g/mol. The van der Waals surface area contributed by atoms with Gasteiger partial charge in [0.05, 0.1) is 43.0 Å². The predicted octanol–water partition coefficient (Wildman–Crippen LogP) is 2.14. The fraction of sp³-hybridized carbons (Fsp3) is 0.500. The smallest absolute Gasteiger partial charge is 0.492 e. The van der Waals surface area contributed by atoms with Gasteiger partial charge < -0.3 is 34.1 Å². The quantitative estimate of drug-likeness (QED) is 0.676. The highest BCUT2D eigenvalue weighted by Gasteiger charge is 2.39. The molecule has 1 saturated carbocycles. The number of halogens is 2. The predicted molar refractivity (Wildman–Crippen MR) is 113 cm³/mol. The van der Waals surface area contributed by atoms with Crippen molar-refractivity contribution < 1.29 is 28.5 Å². The number of methoxy groups -OCH3 is 1. The molecule has 0 unspecified atom stereocenters. The van der Waals surface area contributed by atoms with Gasteiger partial charge in [-0.05, 0) is 18.9 Å². The number of ether oxygens (including phenoxy) is 3. The Balaban J connectivity index is 0.00000231. The number of anilines is 1. The molecule has 168 valence electrons. The molecule has 9 nitrogen and oxygen atoms in total. The van der Waals surface area contributed by atoms with Crippen LogP contribution in [0.2, 0.25) is 0 Å². The van der Waals surface area contributed by atoms with Crippen LogP contribution in [0.3, 0.4) is 0 Å². The number of rotatable bonds is 4. The van der Waals surface area contributed by atoms with Crippen LogP contribution in [0.1, 0.15) is 18.9 Å². The van der Waals surface area contributed by atoms with Crippen LogP contribution in [0, 0.1) is 5.82 Å². The van der Waals surface area contributed by atoms with E-state index >= 15 is 4.39 Å². The molecule has 1 aromatic carbocycles. The molecule has 31 heavy (non-hydrogen) atoms. The summed E-state index contributed by atoms with van der Waals surface area (Å²) in [6.07, 6.45) is 1.48. The first-order valence-corrected chi connectivity index (χ1v) is 9.94. The molecule has 0 bridgehead atoms. The number of morpholine rings is 1. The van der Waals surface area contributed by atoms with Crippen LogP contribution in [-0.2, 0) is 4.74 Å². The van der Waals surface area contributed by atoms with Gasteiger partial charge in [0.1, 0.15) is 5.69 Å². The lowest BCUT2D eigenvalue weighted by molar-refractivity contribution is 0.0212. The van der Waals surface area contributed by atoms with Crippen LogP contribution in [0.4, 0.5) is 14.9 Å². The van der Waals surface area contributed by atoms with E-state index in [0.717, 1.165) is 25.5 Å². The standard InChI is InChI=1S/C20H22FN3O6.ClH/c1-28-19-16-11(18(25)15(30-20(26)27)9-24(16)10-2-3-10)6-12(21)17(19)23-7-13-14(8-23)29-5-4-22-13;/h6,9-10,13-14,22H,2-5,7-8H2,1H3,(H,26,27);1H/t13-,14+;/m1./s1. The fourth-order valence-electron chi connectivity index (χ4n) is 4.49. The second-order valence-corrected chi connectivity index (χ2v) is 7.84. The minimum absolute atomic E-state index is 0. The molecule has 3 fully saturated rings. The maximum Gasteiger partial charge on any atom is 0.511 e. The summed E-state index contributed by atoms with van der Waals surface area (Å²) in [7, 11) is 1.44. The third kappa shape index (κ3) is 3.68. The lowest BCUT2D eigenvalue weighted by Gasteiger charge is -2.25. The van der Waals surface area contributed by atoms with Crippen molar-refractivity contribution in [1.82, 2.24) is 9.88 Å². The Labute approximate surface area is 183 Å². The van der Waals surface area contributed by atoms with Gasteiger partial charge >= 0.3 is 6.16 Å². The van der Waals surface area contributed by atoms with E-state index in [-0.39, 0.29) is 53.2 Å². The number of nitrogens with zero attached hydrogens (tertiary/aromatic N) is 2. The fourth-order valence-corrected chi connectivity index (χ4v) is 4.49. The maximum absolute atomic E-state index is 15.3. The summed E-state index contributed by atoms with van der Waals surface area (Å²) in [5.74, 6) is -0.694. The summed E-state index contributed by atoms with van der Waals surface area (Å²) in [6, 6.07) is 1.32. The van der Waals surface area contributed by atoms with Crippen molar-refractivity contribution >= 4 is 35.2 Å². The number of carboxylic acid groups (broad SMARTS) is 1. The van der Waals surface area contributed by atoms with Gasteiger partial charge in [0.2, 0.25) is 5.43 Å². The summed E-state index contributed by atoms with van der Waals surface area (Å²) in [5.41, 5.74) is 0.0431. The van der Waals surface area contributed by atoms with Crippen LogP contribution in [0.15, 0.2) is 17.1 Å². The van der Waals surface area contributed by atoms with Crippen molar-refractivity contribution in [3.63, 3.8) is 0 Å². The van der Waals surface area contributed by atoms with Gasteiger partial charge in [-0.25, -0.2) is 9.18 Å². The van der Waals surface area contributed by atoms with Gasteiger partial charge in [-0.3, -0.25) is 4.79 Å². The van der Waals surface area contributed by atoms with E-state index < -0.39 is 17.4 Å². The van der Waals surface area contributed by atoms with Crippen molar-refractivity contribution in [3.8, 4) is 11.5 Å². The molecule has 3 heterocycles. The zero-order valence-electron chi connectivity index (χ0n) is 16.8. The largest absolute Gasteiger partial charge is 0.511 e. The lowest BCUT2D eigenvalue weighted by atomic mass is 10.1. The Morgan fingerprint density at radius 2 is 2.13 bits per heavy atom. The molecule has 5 rings (SSSR count). The van der Waals surface area contributed by atoms with Crippen molar-refractivity contribution in [2.75, 3.05) is 38.3 Å². The molecular formula is C20H23ClFN3O6.